The van der Waals surface area contributed by atoms with E-state index in [0.29, 0.717) is 36.0 Å². The van der Waals surface area contributed by atoms with E-state index in [1.807, 2.05) is 73.7 Å². The van der Waals surface area contributed by atoms with Crippen LogP contribution in [-0.2, 0) is 29.0 Å². The molecule has 0 bridgehead atoms. The van der Waals surface area contributed by atoms with Crippen LogP contribution >= 0.6 is 23.2 Å². The second-order valence-corrected chi connectivity index (χ2v) is 8.68. The molecule has 4 nitrogen and oxygen atoms in total. The maximum absolute atomic E-state index is 13.5. The van der Waals surface area contributed by atoms with Crippen molar-refractivity contribution in [3.8, 4) is 0 Å². The number of hydrogen-bond donors (Lipinski definition) is 1. The normalized spacial score (nSPS) is 11.6. The van der Waals surface area contributed by atoms with Crippen molar-refractivity contribution in [2.24, 2.45) is 0 Å². The molecular formula is C27H28Cl2N2O2. The summed E-state index contributed by atoms with van der Waals surface area (Å²) in [6.07, 6.45) is 1.18. The number of nitrogens with zero attached hydrogens (tertiary/aromatic N) is 1. The summed E-state index contributed by atoms with van der Waals surface area (Å²) in [5.74, 6) is -0.265. The largest absolute Gasteiger partial charge is 0.355 e. The molecule has 6 heteroatoms. The van der Waals surface area contributed by atoms with Gasteiger partial charge in [-0.15, -0.1) is 0 Å². The number of amides is 2. The third-order valence-electron chi connectivity index (χ3n) is 5.45. The molecular weight excluding hydrogens is 455 g/mol. The Hall–Kier alpha value is -2.82. The fraction of sp³-hybridized carbons (Fsp3) is 0.259. The fourth-order valence-corrected chi connectivity index (χ4v) is 4.08. The van der Waals surface area contributed by atoms with Gasteiger partial charge in [0.15, 0.2) is 0 Å². The summed E-state index contributed by atoms with van der Waals surface area (Å²) in [4.78, 5) is 28.3. The predicted octanol–water partition coefficient (Wildman–Crippen LogP) is 5.70. The molecule has 33 heavy (non-hydrogen) atoms. The molecule has 3 aromatic rings. The second-order valence-electron chi connectivity index (χ2n) is 7.84. The van der Waals surface area contributed by atoms with Crippen molar-refractivity contribution < 1.29 is 9.59 Å². The quantitative estimate of drug-likeness (QED) is 0.402. The number of carbonyl (C=O) groups excluding carboxylic acids is 2. The van der Waals surface area contributed by atoms with Crippen LogP contribution < -0.4 is 5.32 Å². The van der Waals surface area contributed by atoms with Crippen LogP contribution in [0.15, 0.2) is 78.9 Å². The summed E-state index contributed by atoms with van der Waals surface area (Å²) in [7, 11) is 0. The molecule has 0 saturated carbocycles. The van der Waals surface area contributed by atoms with Crippen molar-refractivity contribution in [2.75, 3.05) is 6.54 Å². The Morgan fingerprint density at radius 3 is 2.21 bits per heavy atom. The monoisotopic (exact) mass is 482 g/mol. The first-order valence-electron chi connectivity index (χ1n) is 11.1. The smallest absolute Gasteiger partial charge is 0.243 e. The Kier molecular flexibility index (Phi) is 9.35. The summed E-state index contributed by atoms with van der Waals surface area (Å²) in [5, 5.41) is 4.17. The zero-order valence-electron chi connectivity index (χ0n) is 18.6. The maximum Gasteiger partial charge on any atom is 0.243 e. The first-order valence-corrected chi connectivity index (χ1v) is 11.8. The predicted molar refractivity (Wildman–Crippen MR) is 134 cm³/mol. The molecule has 0 heterocycles. The van der Waals surface area contributed by atoms with E-state index in [4.69, 9.17) is 23.2 Å². The molecule has 2 amide bonds. The molecule has 3 rings (SSSR count). The second kappa shape index (κ2) is 12.4. The van der Waals surface area contributed by atoms with Gasteiger partial charge in [-0.25, -0.2) is 0 Å². The van der Waals surface area contributed by atoms with Gasteiger partial charge in [0.05, 0.1) is 0 Å². The average molecular weight is 483 g/mol. The number of halogens is 2. The van der Waals surface area contributed by atoms with E-state index in [1.165, 1.54) is 0 Å². The summed E-state index contributed by atoms with van der Waals surface area (Å²) in [6.45, 7) is 2.68. The Morgan fingerprint density at radius 1 is 0.879 bits per heavy atom. The minimum atomic E-state index is -0.637. The lowest BCUT2D eigenvalue weighted by molar-refractivity contribution is -0.141. The molecule has 3 aromatic carbocycles. The third-order valence-corrected chi connectivity index (χ3v) is 6.08. The van der Waals surface area contributed by atoms with Gasteiger partial charge >= 0.3 is 0 Å². The maximum atomic E-state index is 13.5. The number of carbonyl (C=O) groups is 2. The van der Waals surface area contributed by atoms with Gasteiger partial charge in [-0.05, 0) is 48.2 Å². The molecule has 0 radical (unpaired) electrons. The Labute approximate surface area is 205 Å². The highest BCUT2D eigenvalue weighted by molar-refractivity contribution is 6.31. The van der Waals surface area contributed by atoms with E-state index in [-0.39, 0.29) is 18.2 Å². The van der Waals surface area contributed by atoms with Gasteiger partial charge in [0.2, 0.25) is 11.8 Å². The number of rotatable bonds is 10. The molecule has 0 aliphatic carbocycles. The number of hydrogen-bond acceptors (Lipinski definition) is 2. The van der Waals surface area contributed by atoms with Gasteiger partial charge in [-0.1, -0.05) is 83.9 Å². The molecule has 0 saturated heterocycles. The zero-order chi connectivity index (χ0) is 23.6. The van der Waals surface area contributed by atoms with Crippen LogP contribution in [0.1, 0.15) is 30.0 Å². The van der Waals surface area contributed by atoms with Crippen LogP contribution in [0, 0.1) is 0 Å². The number of likely N-dealkylation sites (N-methyl/N-ethyl adjacent to an activating group) is 1. The van der Waals surface area contributed by atoms with Crippen LogP contribution in [0.4, 0.5) is 0 Å². The summed E-state index contributed by atoms with van der Waals surface area (Å²) < 4.78 is 0. The Morgan fingerprint density at radius 2 is 1.55 bits per heavy atom. The topological polar surface area (TPSA) is 49.4 Å². The number of benzene rings is 3. The number of nitrogens with one attached hydrogen (secondary N) is 1. The SMILES string of the molecule is CCNC(=O)[C@H](Cc1ccccc1)N(Cc1ccc(Cl)cc1)C(=O)CCc1ccccc1Cl. The summed E-state index contributed by atoms with van der Waals surface area (Å²) >= 11 is 12.3. The van der Waals surface area contributed by atoms with Gasteiger partial charge in [0.25, 0.3) is 0 Å². The highest BCUT2D eigenvalue weighted by Gasteiger charge is 2.30. The summed E-state index contributed by atoms with van der Waals surface area (Å²) in [6, 6.07) is 24.0. The molecule has 1 N–H and O–H groups in total. The standard InChI is InChI=1S/C27H28Cl2N2O2/c1-2-30-27(33)25(18-20-8-4-3-5-9-20)31(19-21-12-15-23(28)16-13-21)26(32)17-14-22-10-6-7-11-24(22)29/h3-13,15-16,25H,2,14,17-19H2,1H3,(H,30,33)/t25-/m0/s1. The van der Waals surface area contributed by atoms with Crippen LogP contribution in [0.5, 0.6) is 0 Å². The first-order chi connectivity index (χ1) is 16.0. The fourth-order valence-electron chi connectivity index (χ4n) is 3.72. The van der Waals surface area contributed by atoms with Crippen LogP contribution in [-0.4, -0.2) is 29.3 Å². The number of aryl methyl sites for hydroxylation is 1. The van der Waals surface area contributed by atoms with E-state index < -0.39 is 6.04 Å². The molecule has 0 aromatic heterocycles. The Bertz CT molecular complexity index is 1060. The van der Waals surface area contributed by atoms with Crippen molar-refractivity contribution in [1.29, 1.82) is 0 Å². The van der Waals surface area contributed by atoms with Crippen molar-refractivity contribution in [3.05, 3.63) is 106 Å². The minimum absolute atomic E-state index is 0.1000. The van der Waals surface area contributed by atoms with Crippen molar-refractivity contribution in [3.63, 3.8) is 0 Å². The van der Waals surface area contributed by atoms with Crippen LogP contribution in [0.3, 0.4) is 0 Å². The highest BCUT2D eigenvalue weighted by atomic mass is 35.5. The van der Waals surface area contributed by atoms with Gasteiger partial charge < -0.3 is 10.2 Å². The van der Waals surface area contributed by atoms with Crippen LogP contribution in [0.2, 0.25) is 10.0 Å². The van der Waals surface area contributed by atoms with E-state index >= 15 is 0 Å². The van der Waals surface area contributed by atoms with E-state index in [9.17, 15) is 9.59 Å². The molecule has 1 atom stereocenters. The zero-order valence-corrected chi connectivity index (χ0v) is 20.1. The minimum Gasteiger partial charge on any atom is -0.355 e. The third kappa shape index (κ3) is 7.34. The van der Waals surface area contributed by atoms with Gasteiger partial charge in [-0.3, -0.25) is 9.59 Å². The molecule has 0 aliphatic heterocycles. The lowest BCUT2D eigenvalue weighted by Crippen LogP contribution is -2.50. The molecule has 0 unspecified atom stereocenters. The van der Waals surface area contributed by atoms with Gasteiger partial charge in [-0.2, -0.15) is 0 Å². The van der Waals surface area contributed by atoms with Crippen molar-refractivity contribution in [2.45, 2.75) is 38.8 Å². The highest BCUT2D eigenvalue weighted by Crippen LogP contribution is 2.20. The molecule has 0 spiro atoms. The lowest BCUT2D eigenvalue weighted by Gasteiger charge is -2.31. The van der Waals surface area contributed by atoms with Gasteiger partial charge in [0, 0.05) is 36.0 Å². The molecule has 172 valence electrons. The summed E-state index contributed by atoms with van der Waals surface area (Å²) in [5.41, 5.74) is 2.82. The van der Waals surface area contributed by atoms with E-state index in [1.54, 1.807) is 17.0 Å². The molecule has 0 fully saturated rings. The lowest BCUT2D eigenvalue weighted by atomic mass is 10.0. The molecule has 0 aliphatic rings. The van der Waals surface area contributed by atoms with Crippen molar-refractivity contribution >= 4 is 35.0 Å². The van der Waals surface area contributed by atoms with Gasteiger partial charge in [0.1, 0.15) is 6.04 Å². The Balaban J connectivity index is 1.89. The van der Waals surface area contributed by atoms with Crippen LogP contribution in [0.25, 0.3) is 0 Å². The van der Waals surface area contributed by atoms with E-state index in [0.717, 1.165) is 16.7 Å². The van der Waals surface area contributed by atoms with E-state index in [2.05, 4.69) is 5.32 Å². The average Bonchev–Trinajstić information content (AvgIpc) is 2.82. The van der Waals surface area contributed by atoms with Crippen molar-refractivity contribution in [1.82, 2.24) is 10.2 Å². The first kappa shape index (κ1) is 24.8.